The van der Waals surface area contributed by atoms with Gasteiger partial charge in [-0.3, -0.25) is 0 Å². The standard InChI is InChI=1S/C15H23FN2O/c1-10-4-3-5-15(19,8-10)9-18-14-6-11(2)12(16)7-13(14)17/h6-7,10,18-19H,3-5,8-9,17H2,1-2H3. The van der Waals surface area contributed by atoms with Crippen molar-refractivity contribution in [1.29, 1.82) is 0 Å². The lowest BCUT2D eigenvalue weighted by atomic mass is 9.79. The van der Waals surface area contributed by atoms with Crippen molar-refractivity contribution in [2.45, 2.75) is 45.1 Å². The van der Waals surface area contributed by atoms with Crippen LogP contribution in [0, 0.1) is 18.7 Å². The smallest absolute Gasteiger partial charge is 0.128 e. The molecule has 106 valence electrons. The number of benzene rings is 1. The van der Waals surface area contributed by atoms with E-state index < -0.39 is 5.60 Å². The van der Waals surface area contributed by atoms with E-state index in [1.165, 1.54) is 12.5 Å². The molecule has 2 rings (SSSR count). The van der Waals surface area contributed by atoms with Crippen molar-refractivity contribution in [2.24, 2.45) is 5.92 Å². The second-order valence-corrected chi connectivity index (χ2v) is 5.97. The minimum absolute atomic E-state index is 0.298. The van der Waals surface area contributed by atoms with Crippen molar-refractivity contribution < 1.29 is 9.50 Å². The van der Waals surface area contributed by atoms with Crippen LogP contribution in [-0.4, -0.2) is 17.3 Å². The number of halogens is 1. The van der Waals surface area contributed by atoms with Crippen LogP contribution in [0.15, 0.2) is 12.1 Å². The van der Waals surface area contributed by atoms with Crippen LogP contribution in [-0.2, 0) is 0 Å². The van der Waals surface area contributed by atoms with Gasteiger partial charge in [0.2, 0.25) is 0 Å². The third-order valence-corrected chi connectivity index (χ3v) is 4.01. The molecule has 0 aliphatic heterocycles. The number of anilines is 2. The van der Waals surface area contributed by atoms with E-state index in [9.17, 15) is 9.50 Å². The molecule has 0 radical (unpaired) electrons. The normalized spacial score (nSPS) is 27.3. The van der Waals surface area contributed by atoms with Crippen molar-refractivity contribution >= 4 is 11.4 Å². The van der Waals surface area contributed by atoms with E-state index in [0.29, 0.717) is 29.4 Å². The monoisotopic (exact) mass is 266 g/mol. The first-order valence-electron chi connectivity index (χ1n) is 6.91. The summed E-state index contributed by atoms with van der Waals surface area (Å²) in [7, 11) is 0. The Balaban J connectivity index is 2.04. The Morgan fingerprint density at radius 1 is 1.53 bits per heavy atom. The lowest BCUT2D eigenvalue weighted by Gasteiger charge is -2.36. The number of rotatable bonds is 3. The average Bonchev–Trinajstić information content (AvgIpc) is 2.32. The lowest BCUT2D eigenvalue weighted by Crippen LogP contribution is -2.41. The molecule has 4 heteroatoms. The summed E-state index contributed by atoms with van der Waals surface area (Å²) in [4.78, 5) is 0. The molecule has 1 aromatic rings. The van der Waals surface area contributed by atoms with Gasteiger partial charge in [-0.2, -0.15) is 0 Å². The van der Waals surface area contributed by atoms with Gasteiger partial charge < -0.3 is 16.2 Å². The molecule has 1 saturated carbocycles. The molecule has 2 atom stereocenters. The van der Waals surface area contributed by atoms with Gasteiger partial charge in [0.25, 0.3) is 0 Å². The summed E-state index contributed by atoms with van der Waals surface area (Å²) in [6.07, 6.45) is 3.85. The fraction of sp³-hybridized carbons (Fsp3) is 0.600. The molecule has 0 heterocycles. The van der Waals surface area contributed by atoms with Gasteiger partial charge in [0, 0.05) is 6.54 Å². The highest BCUT2D eigenvalue weighted by atomic mass is 19.1. The molecule has 0 spiro atoms. The first-order valence-corrected chi connectivity index (χ1v) is 6.91. The fourth-order valence-electron chi connectivity index (χ4n) is 2.90. The summed E-state index contributed by atoms with van der Waals surface area (Å²) in [5.41, 5.74) is 6.76. The zero-order valence-electron chi connectivity index (χ0n) is 11.7. The Bertz CT molecular complexity index is 464. The van der Waals surface area contributed by atoms with Crippen LogP contribution in [0.4, 0.5) is 15.8 Å². The lowest BCUT2D eigenvalue weighted by molar-refractivity contribution is -0.000748. The second-order valence-electron chi connectivity index (χ2n) is 5.97. The maximum absolute atomic E-state index is 13.3. The Morgan fingerprint density at radius 3 is 2.95 bits per heavy atom. The minimum atomic E-state index is -0.674. The van der Waals surface area contributed by atoms with Gasteiger partial charge in [-0.25, -0.2) is 4.39 Å². The van der Waals surface area contributed by atoms with Gasteiger partial charge in [0.15, 0.2) is 0 Å². The zero-order chi connectivity index (χ0) is 14.0. The van der Waals surface area contributed by atoms with E-state index in [0.717, 1.165) is 19.3 Å². The summed E-state index contributed by atoms with van der Waals surface area (Å²) < 4.78 is 13.3. The van der Waals surface area contributed by atoms with Gasteiger partial charge in [-0.15, -0.1) is 0 Å². The summed E-state index contributed by atoms with van der Waals surface area (Å²) in [6.45, 7) is 4.34. The highest BCUT2D eigenvalue weighted by Crippen LogP contribution is 2.33. The number of hydrogen-bond donors (Lipinski definition) is 3. The van der Waals surface area contributed by atoms with Crippen LogP contribution in [0.25, 0.3) is 0 Å². The molecule has 1 aliphatic carbocycles. The first kappa shape index (κ1) is 14.1. The van der Waals surface area contributed by atoms with E-state index in [-0.39, 0.29) is 5.82 Å². The van der Waals surface area contributed by atoms with E-state index in [1.807, 2.05) is 0 Å². The highest BCUT2D eigenvalue weighted by molar-refractivity contribution is 5.67. The highest BCUT2D eigenvalue weighted by Gasteiger charge is 2.32. The Hall–Kier alpha value is -1.29. The van der Waals surface area contributed by atoms with Crippen molar-refractivity contribution in [1.82, 2.24) is 0 Å². The van der Waals surface area contributed by atoms with Crippen LogP contribution >= 0.6 is 0 Å². The van der Waals surface area contributed by atoms with Crippen molar-refractivity contribution in [2.75, 3.05) is 17.6 Å². The summed E-state index contributed by atoms with van der Waals surface area (Å²) in [5.74, 6) is 0.251. The molecule has 3 nitrogen and oxygen atoms in total. The van der Waals surface area contributed by atoms with Gasteiger partial charge in [-0.1, -0.05) is 19.8 Å². The summed E-state index contributed by atoms with van der Waals surface area (Å²) in [5, 5.41) is 13.7. The third-order valence-electron chi connectivity index (χ3n) is 4.01. The van der Waals surface area contributed by atoms with Crippen LogP contribution in [0.3, 0.4) is 0 Å². The van der Waals surface area contributed by atoms with Crippen LogP contribution in [0.1, 0.15) is 38.2 Å². The average molecular weight is 266 g/mol. The van der Waals surface area contributed by atoms with Crippen LogP contribution in [0.5, 0.6) is 0 Å². The molecule has 0 bridgehead atoms. The van der Waals surface area contributed by atoms with Crippen molar-refractivity contribution in [3.05, 3.63) is 23.5 Å². The molecule has 1 fully saturated rings. The number of nitrogen functional groups attached to an aromatic ring is 1. The molecule has 4 N–H and O–H groups in total. The van der Waals surface area contributed by atoms with Crippen molar-refractivity contribution in [3.8, 4) is 0 Å². The maximum Gasteiger partial charge on any atom is 0.128 e. The number of aryl methyl sites for hydroxylation is 1. The molecule has 1 aromatic carbocycles. The van der Waals surface area contributed by atoms with Crippen molar-refractivity contribution in [3.63, 3.8) is 0 Å². The van der Waals surface area contributed by atoms with E-state index in [4.69, 9.17) is 5.73 Å². The zero-order valence-corrected chi connectivity index (χ0v) is 11.7. The Kier molecular flexibility index (Phi) is 3.99. The summed E-state index contributed by atoms with van der Waals surface area (Å²) >= 11 is 0. The Morgan fingerprint density at radius 2 is 2.26 bits per heavy atom. The molecule has 2 unspecified atom stereocenters. The predicted molar refractivity (Wildman–Crippen MR) is 76.6 cm³/mol. The van der Waals surface area contributed by atoms with Gasteiger partial charge in [0.1, 0.15) is 5.82 Å². The fourth-order valence-corrected chi connectivity index (χ4v) is 2.90. The number of hydrogen-bond acceptors (Lipinski definition) is 3. The van der Waals surface area contributed by atoms with E-state index >= 15 is 0 Å². The number of nitrogens with one attached hydrogen (secondary N) is 1. The van der Waals surface area contributed by atoms with Crippen LogP contribution < -0.4 is 11.1 Å². The number of nitrogens with two attached hydrogens (primary N) is 1. The second kappa shape index (κ2) is 5.37. The molecule has 0 saturated heterocycles. The maximum atomic E-state index is 13.3. The molecule has 0 aromatic heterocycles. The third kappa shape index (κ3) is 3.38. The van der Waals surface area contributed by atoms with E-state index in [2.05, 4.69) is 12.2 Å². The van der Waals surface area contributed by atoms with Crippen LogP contribution in [0.2, 0.25) is 0 Å². The molecular weight excluding hydrogens is 243 g/mol. The molecular formula is C15H23FN2O. The first-order chi connectivity index (χ1) is 8.89. The number of aliphatic hydroxyl groups is 1. The minimum Gasteiger partial charge on any atom is -0.397 e. The Labute approximate surface area is 114 Å². The molecule has 0 amide bonds. The molecule has 1 aliphatic rings. The molecule has 19 heavy (non-hydrogen) atoms. The topological polar surface area (TPSA) is 58.3 Å². The summed E-state index contributed by atoms with van der Waals surface area (Å²) in [6, 6.07) is 3.02. The largest absolute Gasteiger partial charge is 0.397 e. The predicted octanol–water partition coefficient (Wildman–Crippen LogP) is 3.07. The SMILES string of the molecule is Cc1cc(NCC2(O)CCCC(C)C2)c(N)cc1F. The van der Waals surface area contributed by atoms with Gasteiger partial charge in [-0.05, 0) is 43.4 Å². The van der Waals surface area contributed by atoms with Gasteiger partial charge >= 0.3 is 0 Å². The quantitative estimate of drug-likeness (QED) is 0.737. The van der Waals surface area contributed by atoms with Gasteiger partial charge in [0.05, 0.1) is 17.0 Å². The van der Waals surface area contributed by atoms with E-state index in [1.54, 1.807) is 13.0 Å².